The molecule has 16 heteroatoms. The van der Waals surface area contributed by atoms with Gasteiger partial charge in [0.15, 0.2) is 6.61 Å². The number of aromatic nitrogens is 3. The molecule has 14 nitrogen and oxygen atoms in total. The number of benzene rings is 1. The third-order valence-corrected chi connectivity index (χ3v) is 9.97. The molecule has 0 unspecified atom stereocenters. The number of aliphatic hydroxyl groups is 1. The molecule has 2 aliphatic rings. The van der Waals surface area contributed by atoms with Crippen LogP contribution in [-0.4, -0.2) is 98.0 Å². The summed E-state index contributed by atoms with van der Waals surface area (Å²) < 4.78 is 25.7. The van der Waals surface area contributed by atoms with Crippen LogP contribution in [0.3, 0.4) is 0 Å². The van der Waals surface area contributed by atoms with Gasteiger partial charge in [0.05, 0.1) is 22.9 Å². The molecular weight excluding hydrogens is 694 g/mol. The molecule has 1 aromatic carbocycles. The van der Waals surface area contributed by atoms with Crippen molar-refractivity contribution in [3.63, 3.8) is 0 Å². The summed E-state index contributed by atoms with van der Waals surface area (Å²) in [6, 6.07) is 0.374. The van der Waals surface area contributed by atoms with E-state index in [0.717, 1.165) is 50.7 Å². The zero-order valence-corrected chi connectivity index (χ0v) is 30.7. The maximum atomic E-state index is 14.5. The van der Waals surface area contributed by atoms with E-state index in [-0.39, 0.29) is 61.4 Å². The van der Waals surface area contributed by atoms with E-state index in [2.05, 4.69) is 25.8 Å². The second-order valence-electron chi connectivity index (χ2n) is 13.9. The van der Waals surface area contributed by atoms with Crippen molar-refractivity contribution in [3.8, 4) is 5.75 Å². The smallest absolute Gasteiger partial charge is 0.255 e. The van der Waals surface area contributed by atoms with Crippen LogP contribution in [0.25, 0.3) is 0 Å². The normalized spacial score (nSPS) is 23.5. The highest BCUT2D eigenvalue weighted by atomic mass is 32.1. The lowest BCUT2D eigenvalue weighted by atomic mass is 10.0. The molecular formula is C36H48FN7O7S. The summed E-state index contributed by atoms with van der Waals surface area (Å²) in [7, 11) is 1.52. The molecule has 5 rings (SSSR count). The van der Waals surface area contributed by atoms with E-state index >= 15 is 0 Å². The molecule has 4 heterocycles. The number of carbonyl (C=O) groups excluding carboxylic acids is 4. The van der Waals surface area contributed by atoms with Gasteiger partial charge in [0.1, 0.15) is 29.7 Å². The van der Waals surface area contributed by atoms with Crippen molar-refractivity contribution in [1.82, 2.24) is 35.6 Å². The van der Waals surface area contributed by atoms with Crippen molar-refractivity contribution in [2.75, 3.05) is 20.1 Å². The Bertz CT molecular complexity index is 1670. The SMILES string of the molecule is CC(C)C[C@H]1NC(=O)c2cc(F)ccc2OCc2noc(n2)CCCCCCCCNC(=O)[C@H](Cc2cscn2)N(C)C(=O)[C@H]2C[C@H](O)CN2C1=O. The molecule has 52 heavy (non-hydrogen) atoms. The van der Waals surface area contributed by atoms with Gasteiger partial charge in [-0.3, -0.25) is 19.2 Å². The third-order valence-electron chi connectivity index (χ3n) is 9.33. The molecule has 4 amide bonds. The lowest BCUT2D eigenvalue weighted by Crippen LogP contribution is -2.57. The molecule has 2 bridgehead atoms. The minimum atomic E-state index is -1.12. The Labute approximate surface area is 306 Å². The van der Waals surface area contributed by atoms with Crippen LogP contribution < -0.4 is 15.4 Å². The zero-order valence-electron chi connectivity index (χ0n) is 29.9. The number of hydrogen-bond acceptors (Lipinski definition) is 11. The number of halogens is 1. The van der Waals surface area contributed by atoms with Crippen molar-refractivity contribution >= 4 is 35.0 Å². The molecule has 3 N–H and O–H groups in total. The Balaban J connectivity index is 1.42. The fourth-order valence-electron chi connectivity index (χ4n) is 6.59. The highest BCUT2D eigenvalue weighted by Crippen LogP contribution is 2.26. The van der Waals surface area contributed by atoms with E-state index in [9.17, 15) is 28.7 Å². The summed E-state index contributed by atoms with van der Waals surface area (Å²) in [4.78, 5) is 67.0. The zero-order chi connectivity index (χ0) is 37.2. The van der Waals surface area contributed by atoms with Crippen LogP contribution in [0, 0.1) is 11.7 Å². The minimum absolute atomic E-state index is 0.0397. The van der Waals surface area contributed by atoms with Gasteiger partial charge in [0.2, 0.25) is 29.4 Å². The lowest BCUT2D eigenvalue weighted by molar-refractivity contribution is -0.147. The van der Waals surface area contributed by atoms with Crippen LogP contribution in [0.4, 0.5) is 4.39 Å². The first-order chi connectivity index (χ1) is 25.0. The van der Waals surface area contributed by atoms with Crippen LogP contribution in [0.15, 0.2) is 33.6 Å². The Morgan fingerprint density at radius 2 is 1.85 bits per heavy atom. The number of nitrogens with one attached hydrogen (secondary N) is 2. The van der Waals surface area contributed by atoms with E-state index in [1.807, 2.05) is 19.2 Å². The van der Waals surface area contributed by atoms with Gasteiger partial charge in [-0.1, -0.05) is 44.7 Å². The topological polar surface area (TPSA) is 180 Å². The maximum Gasteiger partial charge on any atom is 0.255 e. The van der Waals surface area contributed by atoms with Crippen molar-refractivity contribution < 1.29 is 37.9 Å². The largest absolute Gasteiger partial charge is 0.485 e. The lowest BCUT2D eigenvalue weighted by Gasteiger charge is -2.34. The molecule has 2 aromatic heterocycles. The second-order valence-corrected chi connectivity index (χ2v) is 14.6. The van der Waals surface area contributed by atoms with Crippen molar-refractivity contribution in [2.24, 2.45) is 5.92 Å². The van der Waals surface area contributed by atoms with E-state index in [1.54, 1.807) is 5.51 Å². The van der Waals surface area contributed by atoms with Crippen LogP contribution in [0.2, 0.25) is 0 Å². The molecule has 0 saturated carbocycles. The first kappa shape index (κ1) is 38.8. The molecule has 4 atom stereocenters. The summed E-state index contributed by atoms with van der Waals surface area (Å²) >= 11 is 1.38. The first-order valence-corrected chi connectivity index (χ1v) is 18.9. The average Bonchev–Trinajstić information content (AvgIpc) is 3.89. The molecule has 0 aliphatic carbocycles. The summed E-state index contributed by atoms with van der Waals surface area (Å²) in [5.74, 6) is -2.15. The van der Waals surface area contributed by atoms with E-state index in [0.29, 0.717) is 24.6 Å². The van der Waals surface area contributed by atoms with Crippen LogP contribution >= 0.6 is 11.3 Å². The fourth-order valence-corrected chi connectivity index (χ4v) is 7.16. The Hall–Kier alpha value is -4.44. The number of aryl methyl sites for hydroxylation is 1. The van der Waals surface area contributed by atoms with Gasteiger partial charge in [0, 0.05) is 44.8 Å². The van der Waals surface area contributed by atoms with E-state index in [1.165, 1.54) is 34.3 Å². The van der Waals surface area contributed by atoms with E-state index in [4.69, 9.17) is 9.26 Å². The van der Waals surface area contributed by atoms with Gasteiger partial charge in [-0.2, -0.15) is 4.98 Å². The van der Waals surface area contributed by atoms with Crippen LogP contribution in [-0.2, 0) is 33.8 Å². The fraction of sp³-hybridized carbons (Fsp3) is 0.583. The van der Waals surface area contributed by atoms with Crippen molar-refractivity contribution in [3.05, 3.63) is 57.9 Å². The summed E-state index contributed by atoms with van der Waals surface area (Å²) in [5.41, 5.74) is 2.17. The predicted molar refractivity (Wildman–Crippen MR) is 189 cm³/mol. The maximum absolute atomic E-state index is 14.5. The third kappa shape index (κ3) is 10.3. The highest BCUT2D eigenvalue weighted by molar-refractivity contribution is 7.07. The van der Waals surface area contributed by atoms with Crippen LogP contribution in [0.1, 0.15) is 93.0 Å². The predicted octanol–water partition coefficient (Wildman–Crippen LogP) is 3.43. The molecule has 0 spiro atoms. The highest BCUT2D eigenvalue weighted by Gasteiger charge is 2.44. The quantitative estimate of drug-likeness (QED) is 0.359. The van der Waals surface area contributed by atoms with Gasteiger partial charge in [-0.25, -0.2) is 9.37 Å². The minimum Gasteiger partial charge on any atom is -0.485 e. The number of ether oxygens (including phenoxy) is 1. The number of rotatable bonds is 4. The van der Waals surface area contributed by atoms with Gasteiger partial charge < -0.3 is 34.8 Å². The van der Waals surface area contributed by atoms with Crippen molar-refractivity contribution in [2.45, 2.75) is 109 Å². The van der Waals surface area contributed by atoms with Gasteiger partial charge >= 0.3 is 0 Å². The molecule has 1 saturated heterocycles. The van der Waals surface area contributed by atoms with Gasteiger partial charge in [-0.05, 0) is 43.4 Å². The number of amides is 4. The second kappa shape index (κ2) is 18.4. The molecule has 1 fully saturated rings. The average molecular weight is 742 g/mol. The Morgan fingerprint density at radius 3 is 2.60 bits per heavy atom. The first-order valence-electron chi connectivity index (χ1n) is 17.9. The van der Waals surface area contributed by atoms with E-state index < -0.39 is 47.8 Å². The number of thiazole rings is 1. The standard InChI is InChI=1S/C36H48FN7O7S/c1-22(2)14-27-35(48)44-18-25(45)17-29(44)36(49)43(3)28(16-24-20-52-21-39-24)34(47)38-13-9-7-5-4-6-8-10-32-41-31(42-51-32)19-50-30-12-11-23(37)15-26(30)33(46)40-27/h11-12,15,20-22,25,27-29,45H,4-10,13-14,16-19H2,1-3H3,(H,38,47)(H,40,46)/t25-,27+,28-,29+/m0/s1. The molecule has 282 valence electrons. The summed E-state index contributed by atoms with van der Waals surface area (Å²) in [6.45, 7) is 3.92. The van der Waals surface area contributed by atoms with Gasteiger partial charge in [-0.15, -0.1) is 11.3 Å². The number of fused-ring (bicyclic) bond motifs is 4. The Kier molecular flexibility index (Phi) is 13.7. The molecule has 2 aliphatic heterocycles. The Morgan fingerprint density at radius 1 is 1.08 bits per heavy atom. The van der Waals surface area contributed by atoms with Crippen LogP contribution in [0.5, 0.6) is 5.75 Å². The number of carbonyl (C=O) groups is 4. The number of nitrogens with zero attached hydrogens (tertiary/aromatic N) is 5. The molecule has 0 radical (unpaired) electrons. The summed E-state index contributed by atoms with van der Waals surface area (Å²) in [5, 5.41) is 22.3. The number of aliphatic hydroxyl groups excluding tert-OH is 1. The number of hydrogen-bond donors (Lipinski definition) is 3. The number of likely N-dealkylation sites (N-methyl/N-ethyl adjacent to an activating group) is 1. The van der Waals surface area contributed by atoms with Crippen molar-refractivity contribution in [1.29, 1.82) is 0 Å². The summed E-state index contributed by atoms with van der Waals surface area (Å²) in [6.07, 6.45) is 5.42. The van der Waals surface area contributed by atoms with Gasteiger partial charge in [0.25, 0.3) is 5.91 Å². The monoisotopic (exact) mass is 741 g/mol. The molecule has 3 aromatic rings.